The second-order valence-electron chi connectivity index (χ2n) is 4.93. The van der Waals surface area contributed by atoms with Gasteiger partial charge in [-0.1, -0.05) is 0 Å². The maximum absolute atomic E-state index is 11.9. The average molecular weight is 245 g/mol. The number of thiol groups is 1. The Labute approximate surface area is 104 Å². The van der Waals surface area contributed by atoms with E-state index in [4.69, 9.17) is 5.11 Å². The molecule has 1 N–H and O–H groups in total. The Morgan fingerprint density at radius 3 is 2.56 bits per heavy atom. The third-order valence-corrected chi connectivity index (χ3v) is 4.07. The van der Waals surface area contributed by atoms with E-state index in [0.717, 1.165) is 44.4 Å². The van der Waals surface area contributed by atoms with Crippen LogP contribution in [-0.4, -0.2) is 41.9 Å². The fourth-order valence-corrected chi connectivity index (χ4v) is 2.21. The van der Waals surface area contributed by atoms with Gasteiger partial charge in [-0.05, 0) is 43.3 Å². The maximum atomic E-state index is 11.9. The van der Waals surface area contributed by atoms with Gasteiger partial charge in [0.25, 0.3) is 0 Å². The molecule has 1 saturated carbocycles. The first kappa shape index (κ1) is 13.8. The number of rotatable bonds is 8. The average Bonchev–Trinajstić information content (AvgIpc) is 3.04. The Morgan fingerprint density at radius 1 is 1.38 bits per heavy atom. The van der Waals surface area contributed by atoms with E-state index in [2.05, 4.69) is 12.6 Å². The lowest BCUT2D eigenvalue weighted by Gasteiger charge is -2.20. The van der Waals surface area contributed by atoms with Crippen molar-refractivity contribution in [2.24, 2.45) is 5.41 Å². The first-order chi connectivity index (χ1) is 7.63. The van der Waals surface area contributed by atoms with Crippen molar-refractivity contribution < 1.29 is 9.90 Å². The van der Waals surface area contributed by atoms with Gasteiger partial charge >= 0.3 is 0 Å². The molecule has 1 fully saturated rings. The molecule has 0 atom stereocenters. The third kappa shape index (κ3) is 4.34. The van der Waals surface area contributed by atoms with Crippen LogP contribution in [0.15, 0.2) is 0 Å². The molecule has 1 aliphatic rings. The van der Waals surface area contributed by atoms with E-state index in [1.54, 1.807) is 0 Å². The number of nitrogens with zero attached hydrogens (tertiary/aromatic N) is 1. The SMILES string of the molecule is CN(CCCCCO)C(=O)CC1(CS)CC1. The lowest BCUT2D eigenvalue weighted by atomic mass is 10.0. The largest absolute Gasteiger partial charge is 0.396 e. The smallest absolute Gasteiger partial charge is 0.222 e. The number of aliphatic hydroxyl groups excluding tert-OH is 1. The molecule has 0 aliphatic heterocycles. The summed E-state index contributed by atoms with van der Waals surface area (Å²) in [5, 5.41) is 8.64. The van der Waals surface area contributed by atoms with Gasteiger partial charge in [-0.25, -0.2) is 0 Å². The molecule has 1 amide bonds. The molecule has 0 aromatic carbocycles. The summed E-state index contributed by atoms with van der Waals surface area (Å²) in [5.41, 5.74) is 0.222. The third-order valence-electron chi connectivity index (χ3n) is 3.40. The summed E-state index contributed by atoms with van der Waals surface area (Å²) in [6.07, 6.45) is 5.78. The van der Waals surface area contributed by atoms with Gasteiger partial charge in [-0.2, -0.15) is 12.6 Å². The van der Waals surface area contributed by atoms with Crippen LogP contribution in [0, 0.1) is 5.41 Å². The molecule has 0 saturated heterocycles. The maximum Gasteiger partial charge on any atom is 0.222 e. The zero-order chi connectivity index (χ0) is 12.0. The van der Waals surface area contributed by atoms with E-state index in [1.807, 2.05) is 11.9 Å². The van der Waals surface area contributed by atoms with Crippen molar-refractivity contribution in [2.75, 3.05) is 26.0 Å². The molecule has 0 unspecified atom stereocenters. The molecule has 0 radical (unpaired) electrons. The van der Waals surface area contributed by atoms with Crippen LogP contribution in [0.5, 0.6) is 0 Å². The van der Waals surface area contributed by atoms with Crippen LogP contribution in [0.3, 0.4) is 0 Å². The Kier molecular flexibility index (Phi) is 5.62. The summed E-state index contributed by atoms with van der Waals surface area (Å²) in [6.45, 7) is 1.06. The van der Waals surface area contributed by atoms with Crippen molar-refractivity contribution in [3.8, 4) is 0 Å². The Morgan fingerprint density at radius 2 is 2.06 bits per heavy atom. The number of hydrogen-bond acceptors (Lipinski definition) is 3. The topological polar surface area (TPSA) is 40.5 Å². The highest BCUT2D eigenvalue weighted by Gasteiger charge is 2.43. The van der Waals surface area contributed by atoms with E-state index in [-0.39, 0.29) is 17.9 Å². The minimum absolute atomic E-state index is 0.222. The molecule has 1 aliphatic carbocycles. The second kappa shape index (κ2) is 6.50. The van der Waals surface area contributed by atoms with Crippen LogP contribution in [0.4, 0.5) is 0 Å². The summed E-state index contributed by atoms with van der Waals surface area (Å²) in [5.74, 6) is 1.08. The van der Waals surface area contributed by atoms with Gasteiger partial charge < -0.3 is 10.0 Å². The zero-order valence-electron chi connectivity index (χ0n) is 10.1. The monoisotopic (exact) mass is 245 g/mol. The number of carbonyl (C=O) groups is 1. The molecule has 0 aromatic heterocycles. The van der Waals surface area contributed by atoms with Crippen LogP contribution < -0.4 is 0 Å². The van der Waals surface area contributed by atoms with Gasteiger partial charge in [-0.15, -0.1) is 0 Å². The number of aliphatic hydroxyl groups is 1. The van der Waals surface area contributed by atoms with E-state index in [0.29, 0.717) is 6.42 Å². The molecule has 0 aromatic rings. The van der Waals surface area contributed by atoms with Gasteiger partial charge in [-0.3, -0.25) is 4.79 Å². The van der Waals surface area contributed by atoms with Gasteiger partial charge in [0, 0.05) is 26.6 Å². The normalized spacial score (nSPS) is 17.2. The molecule has 3 nitrogen and oxygen atoms in total. The van der Waals surface area contributed by atoms with Crippen molar-refractivity contribution in [3.63, 3.8) is 0 Å². The molecule has 1 rings (SSSR count). The number of unbranched alkanes of at least 4 members (excludes halogenated alkanes) is 2. The van der Waals surface area contributed by atoms with Gasteiger partial charge in [0.2, 0.25) is 5.91 Å². The highest BCUT2D eigenvalue weighted by Crippen LogP contribution is 2.49. The summed E-state index contributed by atoms with van der Waals surface area (Å²) < 4.78 is 0. The van der Waals surface area contributed by atoms with Crippen molar-refractivity contribution in [3.05, 3.63) is 0 Å². The lowest BCUT2D eigenvalue weighted by Crippen LogP contribution is -2.30. The molecule has 94 valence electrons. The van der Waals surface area contributed by atoms with Gasteiger partial charge in [0.05, 0.1) is 0 Å². The minimum Gasteiger partial charge on any atom is -0.396 e. The summed E-state index contributed by atoms with van der Waals surface area (Å²) in [4.78, 5) is 13.7. The van der Waals surface area contributed by atoms with Gasteiger partial charge in [0.1, 0.15) is 0 Å². The zero-order valence-corrected chi connectivity index (χ0v) is 11.0. The van der Waals surface area contributed by atoms with E-state index in [1.165, 1.54) is 0 Å². The fraction of sp³-hybridized carbons (Fsp3) is 0.917. The molecular weight excluding hydrogens is 222 g/mol. The number of amides is 1. The van der Waals surface area contributed by atoms with Crippen LogP contribution in [0.1, 0.15) is 38.5 Å². The van der Waals surface area contributed by atoms with E-state index >= 15 is 0 Å². The van der Waals surface area contributed by atoms with Gasteiger partial charge in [0.15, 0.2) is 0 Å². The molecule has 0 bridgehead atoms. The lowest BCUT2D eigenvalue weighted by molar-refractivity contribution is -0.131. The minimum atomic E-state index is 0.222. The van der Waals surface area contributed by atoms with Crippen molar-refractivity contribution in [1.29, 1.82) is 0 Å². The van der Waals surface area contributed by atoms with Crippen LogP contribution in [0.2, 0.25) is 0 Å². The van der Waals surface area contributed by atoms with E-state index < -0.39 is 0 Å². The molecule has 0 spiro atoms. The molecule has 16 heavy (non-hydrogen) atoms. The predicted molar refractivity (Wildman–Crippen MR) is 68.7 cm³/mol. The fourth-order valence-electron chi connectivity index (χ4n) is 1.79. The Balaban J connectivity index is 2.15. The van der Waals surface area contributed by atoms with Crippen LogP contribution in [0.25, 0.3) is 0 Å². The van der Waals surface area contributed by atoms with Crippen molar-refractivity contribution in [1.82, 2.24) is 4.90 Å². The molecule has 0 heterocycles. The number of hydrogen-bond donors (Lipinski definition) is 2. The highest BCUT2D eigenvalue weighted by molar-refractivity contribution is 7.80. The standard InChI is InChI=1S/C12H23NO2S/c1-13(7-3-2-4-8-14)11(15)9-12(10-16)5-6-12/h14,16H,2-10H2,1H3. The molecule has 4 heteroatoms. The summed E-state index contributed by atoms with van der Waals surface area (Å²) in [7, 11) is 1.87. The number of carbonyl (C=O) groups excluding carboxylic acids is 1. The first-order valence-electron chi connectivity index (χ1n) is 6.09. The van der Waals surface area contributed by atoms with Crippen molar-refractivity contribution in [2.45, 2.75) is 38.5 Å². The highest BCUT2D eigenvalue weighted by atomic mass is 32.1. The molecular formula is C12H23NO2S. The predicted octanol–water partition coefficient (Wildman–Crippen LogP) is 1.71. The summed E-state index contributed by atoms with van der Waals surface area (Å²) in [6, 6.07) is 0. The van der Waals surface area contributed by atoms with Crippen LogP contribution in [-0.2, 0) is 4.79 Å². The Hall–Kier alpha value is -0.220. The Bertz CT molecular complexity index is 229. The second-order valence-corrected chi connectivity index (χ2v) is 5.25. The quantitative estimate of drug-likeness (QED) is 0.505. The van der Waals surface area contributed by atoms with E-state index in [9.17, 15) is 4.79 Å². The van der Waals surface area contributed by atoms with Crippen LogP contribution >= 0.6 is 12.6 Å². The van der Waals surface area contributed by atoms with Crippen molar-refractivity contribution >= 4 is 18.5 Å². The first-order valence-corrected chi connectivity index (χ1v) is 6.72. The summed E-state index contributed by atoms with van der Waals surface area (Å²) >= 11 is 4.31.